The third kappa shape index (κ3) is 3.99. The second kappa shape index (κ2) is 6.50. The van der Waals surface area contributed by atoms with Gasteiger partial charge in [-0.3, -0.25) is 4.90 Å². The van der Waals surface area contributed by atoms with E-state index < -0.39 is 16.0 Å². The Balaban J connectivity index is 1.99. The van der Waals surface area contributed by atoms with Gasteiger partial charge in [0.05, 0.1) is 5.56 Å². The standard InChI is InChI=1S/C13H19N3O4S/c1-10(16-6-2-3-7-16)8-15-21(19,20)12-5-4-11(9-14-12)13(17)18/h4-5,9-10,15H,2-3,6-8H2,1H3,(H,17,18). The molecule has 1 unspecified atom stereocenters. The fourth-order valence-corrected chi connectivity index (χ4v) is 3.33. The van der Waals surface area contributed by atoms with Gasteiger partial charge in [-0.15, -0.1) is 0 Å². The number of hydrogen-bond acceptors (Lipinski definition) is 5. The molecule has 21 heavy (non-hydrogen) atoms. The Morgan fingerprint density at radius 2 is 2.10 bits per heavy atom. The molecule has 0 amide bonds. The lowest BCUT2D eigenvalue weighted by molar-refractivity contribution is 0.0696. The van der Waals surface area contributed by atoms with Crippen LogP contribution < -0.4 is 4.72 Å². The van der Waals surface area contributed by atoms with Crippen LogP contribution in [0.1, 0.15) is 30.1 Å². The van der Waals surface area contributed by atoms with Crippen molar-refractivity contribution in [2.45, 2.75) is 30.8 Å². The SMILES string of the molecule is CC(CNS(=O)(=O)c1ccc(C(=O)O)cn1)N1CCCC1. The third-order valence-corrected chi connectivity index (χ3v) is 4.93. The smallest absolute Gasteiger partial charge is 0.337 e. The fraction of sp³-hybridized carbons (Fsp3) is 0.538. The number of aromatic nitrogens is 1. The summed E-state index contributed by atoms with van der Waals surface area (Å²) in [5.41, 5.74) is -0.0422. The van der Waals surface area contributed by atoms with Crippen molar-refractivity contribution >= 4 is 16.0 Å². The predicted octanol–water partition coefficient (Wildman–Crippen LogP) is 0.542. The van der Waals surface area contributed by atoms with Crippen LogP contribution in [0.3, 0.4) is 0 Å². The molecular weight excluding hydrogens is 294 g/mol. The van der Waals surface area contributed by atoms with Crippen LogP contribution in [0.4, 0.5) is 0 Å². The first-order chi connectivity index (χ1) is 9.90. The number of likely N-dealkylation sites (tertiary alicyclic amines) is 1. The zero-order chi connectivity index (χ0) is 15.5. The van der Waals surface area contributed by atoms with Crippen molar-refractivity contribution in [2.75, 3.05) is 19.6 Å². The van der Waals surface area contributed by atoms with Crippen molar-refractivity contribution in [1.82, 2.24) is 14.6 Å². The molecule has 1 aromatic heterocycles. The normalized spacial score (nSPS) is 17.8. The van der Waals surface area contributed by atoms with Gasteiger partial charge in [0.2, 0.25) is 0 Å². The molecule has 0 saturated carbocycles. The van der Waals surface area contributed by atoms with Crippen LogP contribution in [0.25, 0.3) is 0 Å². The van der Waals surface area contributed by atoms with E-state index in [1.54, 1.807) is 0 Å². The molecule has 0 radical (unpaired) electrons. The summed E-state index contributed by atoms with van der Waals surface area (Å²) in [6, 6.07) is 2.56. The van der Waals surface area contributed by atoms with Crippen LogP contribution in [0.2, 0.25) is 0 Å². The molecule has 1 aliphatic heterocycles. The van der Waals surface area contributed by atoms with Gasteiger partial charge in [-0.1, -0.05) is 0 Å². The summed E-state index contributed by atoms with van der Waals surface area (Å²) in [4.78, 5) is 16.7. The maximum absolute atomic E-state index is 12.1. The highest BCUT2D eigenvalue weighted by Crippen LogP contribution is 2.12. The molecule has 2 rings (SSSR count). The summed E-state index contributed by atoms with van der Waals surface area (Å²) in [5, 5.41) is 8.60. The van der Waals surface area contributed by atoms with Crippen molar-refractivity contribution < 1.29 is 18.3 Å². The van der Waals surface area contributed by atoms with Crippen molar-refractivity contribution in [3.8, 4) is 0 Å². The second-order valence-electron chi connectivity index (χ2n) is 5.13. The van der Waals surface area contributed by atoms with E-state index in [0.717, 1.165) is 32.1 Å². The van der Waals surface area contributed by atoms with Crippen molar-refractivity contribution in [1.29, 1.82) is 0 Å². The number of pyridine rings is 1. The Morgan fingerprint density at radius 3 is 2.62 bits per heavy atom. The summed E-state index contributed by atoms with van der Waals surface area (Å²) in [6.45, 7) is 4.28. The summed E-state index contributed by atoms with van der Waals surface area (Å²) in [5.74, 6) is -1.14. The van der Waals surface area contributed by atoms with E-state index in [1.807, 2.05) is 6.92 Å². The quantitative estimate of drug-likeness (QED) is 0.795. The van der Waals surface area contributed by atoms with Gasteiger partial charge >= 0.3 is 5.97 Å². The molecule has 2 heterocycles. The van der Waals surface area contributed by atoms with Crippen LogP contribution >= 0.6 is 0 Å². The van der Waals surface area contributed by atoms with Gasteiger partial charge in [-0.05, 0) is 45.0 Å². The van der Waals surface area contributed by atoms with E-state index in [0.29, 0.717) is 6.54 Å². The summed E-state index contributed by atoms with van der Waals surface area (Å²) in [7, 11) is -3.71. The number of aromatic carboxylic acids is 1. The highest BCUT2D eigenvalue weighted by Gasteiger charge is 2.21. The predicted molar refractivity (Wildman–Crippen MR) is 76.7 cm³/mol. The average molecular weight is 313 g/mol. The minimum Gasteiger partial charge on any atom is -0.478 e. The fourth-order valence-electron chi connectivity index (χ4n) is 2.28. The molecule has 116 valence electrons. The van der Waals surface area contributed by atoms with Gasteiger partial charge in [0.25, 0.3) is 10.0 Å². The molecule has 0 bridgehead atoms. The Hall–Kier alpha value is -1.51. The highest BCUT2D eigenvalue weighted by molar-refractivity contribution is 7.89. The van der Waals surface area contributed by atoms with E-state index >= 15 is 0 Å². The maximum Gasteiger partial charge on any atom is 0.337 e. The van der Waals surface area contributed by atoms with E-state index in [2.05, 4.69) is 14.6 Å². The van der Waals surface area contributed by atoms with Gasteiger partial charge in [-0.25, -0.2) is 22.9 Å². The lowest BCUT2D eigenvalue weighted by Gasteiger charge is -2.23. The van der Waals surface area contributed by atoms with Crippen molar-refractivity contribution in [3.05, 3.63) is 23.9 Å². The molecule has 0 aromatic carbocycles. The monoisotopic (exact) mass is 313 g/mol. The van der Waals surface area contributed by atoms with Crippen LogP contribution in [0, 0.1) is 0 Å². The lowest BCUT2D eigenvalue weighted by atomic mass is 10.3. The zero-order valence-electron chi connectivity index (χ0n) is 11.8. The third-order valence-electron chi connectivity index (χ3n) is 3.59. The van der Waals surface area contributed by atoms with Crippen LogP contribution in [-0.2, 0) is 10.0 Å². The number of nitrogens with one attached hydrogen (secondary N) is 1. The van der Waals surface area contributed by atoms with E-state index in [1.165, 1.54) is 12.1 Å². The Morgan fingerprint density at radius 1 is 1.43 bits per heavy atom. The Bertz CT molecular complexity index is 594. The number of nitrogens with zero attached hydrogens (tertiary/aromatic N) is 2. The Labute approximate surface area is 124 Å². The number of carboxylic acid groups (broad SMARTS) is 1. The van der Waals surface area contributed by atoms with Crippen molar-refractivity contribution in [3.63, 3.8) is 0 Å². The molecule has 7 nitrogen and oxygen atoms in total. The molecule has 1 atom stereocenters. The number of carboxylic acids is 1. The number of hydrogen-bond donors (Lipinski definition) is 2. The molecule has 1 aromatic rings. The van der Waals surface area contributed by atoms with Crippen LogP contribution in [-0.4, -0.2) is 55.1 Å². The van der Waals surface area contributed by atoms with E-state index in [4.69, 9.17) is 5.11 Å². The van der Waals surface area contributed by atoms with Crippen LogP contribution in [0.5, 0.6) is 0 Å². The van der Waals surface area contributed by atoms with Gasteiger partial charge in [0, 0.05) is 18.8 Å². The number of rotatable bonds is 6. The molecule has 1 fully saturated rings. The molecule has 8 heteroatoms. The first-order valence-corrected chi connectivity index (χ1v) is 8.31. The van der Waals surface area contributed by atoms with E-state index in [9.17, 15) is 13.2 Å². The lowest BCUT2D eigenvalue weighted by Crippen LogP contribution is -2.40. The Kier molecular flexibility index (Phi) is 4.92. The minimum atomic E-state index is -3.71. The molecule has 0 spiro atoms. The summed E-state index contributed by atoms with van der Waals surface area (Å²) in [6.07, 6.45) is 3.34. The van der Waals surface area contributed by atoms with Crippen molar-refractivity contribution in [2.24, 2.45) is 0 Å². The molecule has 0 aliphatic carbocycles. The molecule has 1 saturated heterocycles. The molecule has 2 N–H and O–H groups in total. The summed E-state index contributed by atoms with van der Waals surface area (Å²) >= 11 is 0. The van der Waals surface area contributed by atoms with Gasteiger partial charge in [-0.2, -0.15) is 0 Å². The average Bonchev–Trinajstić information content (AvgIpc) is 2.99. The summed E-state index contributed by atoms with van der Waals surface area (Å²) < 4.78 is 26.7. The van der Waals surface area contributed by atoms with Gasteiger partial charge < -0.3 is 5.11 Å². The molecular formula is C13H19N3O4S. The topological polar surface area (TPSA) is 99.6 Å². The highest BCUT2D eigenvalue weighted by atomic mass is 32.2. The second-order valence-corrected chi connectivity index (χ2v) is 6.85. The van der Waals surface area contributed by atoms with Gasteiger partial charge in [0.15, 0.2) is 5.03 Å². The molecule has 1 aliphatic rings. The number of sulfonamides is 1. The first kappa shape index (κ1) is 15.9. The maximum atomic E-state index is 12.1. The first-order valence-electron chi connectivity index (χ1n) is 6.83. The van der Waals surface area contributed by atoms with Crippen LogP contribution in [0.15, 0.2) is 23.4 Å². The number of carbonyl (C=O) groups is 1. The van der Waals surface area contributed by atoms with Gasteiger partial charge in [0.1, 0.15) is 0 Å². The van der Waals surface area contributed by atoms with E-state index in [-0.39, 0.29) is 16.6 Å². The largest absolute Gasteiger partial charge is 0.478 e. The minimum absolute atomic E-state index is 0.0422. The zero-order valence-corrected chi connectivity index (χ0v) is 12.6.